The molecule has 144 valence electrons. The highest BCUT2D eigenvalue weighted by Gasteiger charge is 2.31. The van der Waals surface area contributed by atoms with Crippen molar-refractivity contribution in [2.75, 3.05) is 20.4 Å². The number of hydrogen-bond donors (Lipinski definition) is 2. The molecular weight excluding hydrogens is 353 g/mol. The van der Waals surface area contributed by atoms with E-state index in [1.54, 1.807) is 24.4 Å². The molecule has 0 aliphatic carbocycles. The van der Waals surface area contributed by atoms with E-state index in [9.17, 15) is 14.0 Å². The normalized spacial score (nSPS) is 19.1. The molecule has 2 heterocycles. The van der Waals surface area contributed by atoms with Crippen molar-refractivity contribution in [3.63, 3.8) is 0 Å². The predicted molar refractivity (Wildman–Crippen MR) is 97.6 cm³/mol. The number of carbonyl (C=O) groups is 2. The topological polar surface area (TPSA) is 104 Å². The zero-order chi connectivity index (χ0) is 19.4. The van der Waals surface area contributed by atoms with Crippen LogP contribution >= 0.6 is 0 Å². The average molecular weight is 375 g/mol. The van der Waals surface area contributed by atoms with Crippen molar-refractivity contribution in [1.82, 2.24) is 10.3 Å². The molecule has 3 N–H and O–H groups in total. The lowest BCUT2D eigenvalue weighted by Crippen LogP contribution is -2.31. The van der Waals surface area contributed by atoms with Crippen molar-refractivity contribution in [1.29, 1.82) is 0 Å². The lowest BCUT2D eigenvalue weighted by Gasteiger charge is -2.18. The largest absolute Gasteiger partial charge is 0.496 e. The van der Waals surface area contributed by atoms with E-state index in [-0.39, 0.29) is 23.4 Å². The number of nitrogens with one attached hydrogen (secondary N) is 1. The van der Waals surface area contributed by atoms with Gasteiger partial charge in [-0.15, -0.1) is 0 Å². The van der Waals surface area contributed by atoms with Crippen LogP contribution in [0.25, 0.3) is 10.8 Å². The van der Waals surface area contributed by atoms with Gasteiger partial charge < -0.3 is 20.5 Å². The monoisotopic (exact) mass is 375 g/mol. The standard InChI is InChI=1S/C19H22FN3O4/c1-26-16-10-13-11(8-14(16)18(21)25)3-6-22-19(13)27-7-4-15-12(2-5-20)9-17(24)23-15/h3,6,8,10,12,15H,2,4-5,7,9H2,1H3,(H2,21,25)(H,23,24)/t12-,15-/m1/s1. The van der Waals surface area contributed by atoms with Crippen LogP contribution in [-0.4, -0.2) is 43.2 Å². The van der Waals surface area contributed by atoms with Crippen molar-refractivity contribution < 1.29 is 23.5 Å². The van der Waals surface area contributed by atoms with Crippen LogP contribution in [0.3, 0.4) is 0 Å². The van der Waals surface area contributed by atoms with E-state index >= 15 is 0 Å². The first-order valence-corrected chi connectivity index (χ1v) is 8.78. The van der Waals surface area contributed by atoms with Gasteiger partial charge in [0.1, 0.15) is 5.75 Å². The first kappa shape index (κ1) is 18.9. The molecule has 1 aromatic carbocycles. The summed E-state index contributed by atoms with van der Waals surface area (Å²) in [6.07, 6.45) is 2.86. The van der Waals surface area contributed by atoms with Crippen LogP contribution < -0.4 is 20.5 Å². The van der Waals surface area contributed by atoms with Gasteiger partial charge in [0.15, 0.2) is 0 Å². The van der Waals surface area contributed by atoms with E-state index in [1.807, 2.05) is 0 Å². The molecular formula is C19H22FN3O4. The molecule has 7 nitrogen and oxygen atoms in total. The molecule has 2 atom stereocenters. The number of primary amides is 1. The zero-order valence-electron chi connectivity index (χ0n) is 15.0. The van der Waals surface area contributed by atoms with E-state index in [0.29, 0.717) is 42.9 Å². The third-order valence-corrected chi connectivity index (χ3v) is 4.82. The van der Waals surface area contributed by atoms with Crippen LogP contribution in [0.2, 0.25) is 0 Å². The Bertz CT molecular complexity index is 858. The van der Waals surface area contributed by atoms with Gasteiger partial charge in [-0.25, -0.2) is 4.98 Å². The summed E-state index contributed by atoms with van der Waals surface area (Å²) < 4.78 is 23.7. The molecule has 27 heavy (non-hydrogen) atoms. The zero-order valence-corrected chi connectivity index (χ0v) is 15.0. The molecule has 0 radical (unpaired) electrons. The smallest absolute Gasteiger partial charge is 0.252 e. The summed E-state index contributed by atoms with van der Waals surface area (Å²) >= 11 is 0. The highest BCUT2D eigenvalue weighted by Crippen LogP contribution is 2.31. The van der Waals surface area contributed by atoms with E-state index in [2.05, 4.69) is 10.3 Å². The second-order valence-corrected chi connectivity index (χ2v) is 6.51. The minimum atomic E-state index is -0.580. The maximum atomic E-state index is 12.6. The van der Waals surface area contributed by atoms with Crippen LogP contribution in [0, 0.1) is 5.92 Å². The number of fused-ring (bicyclic) bond motifs is 1. The molecule has 2 aromatic rings. The number of methoxy groups -OCH3 is 1. The van der Waals surface area contributed by atoms with Crippen LogP contribution in [0.4, 0.5) is 4.39 Å². The molecule has 3 rings (SSSR count). The highest BCUT2D eigenvalue weighted by atomic mass is 19.1. The Morgan fingerprint density at radius 1 is 1.41 bits per heavy atom. The van der Waals surface area contributed by atoms with Gasteiger partial charge in [0.25, 0.3) is 5.91 Å². The van der Waals surface area contributed by atoms with E-state index in [4.69, 9.17) is 15.2 Å². The Morgan fingerprint density at radius 3 is 2.93 bits per heavy atom. The van der Waals surface area contributed by atoms with E-state index in [1.165, 1.54) is 7.11 Å². The van der Waals surface area contributed by atoms with Gasteiger partial charge >= 0.3 is 0 Å². The van der Waals surface area contributed by atoms with E-state index < -0.39 is 12.6 Å². The van der Waals surface area contributed by atoms with Crippen LogP contribution in [0.5, 0.6) is 11.6 Å². The Morgan fingerprint density at radius 2 is 2.22 bits per heavy atom. The molecule has 1 aliphatic heterocycles. The fourth-order valence-electron chi connectivity index (χ4n) is 3.45. The highest BCUT2D eigenvalue weighted by molar-refractivity contribution is 6.01. The van der Waals surface area contributed by atoms with Gasteiger partial charge in [-0.3, -0.25) is 14.0 Å². The first-order chi connectivity index (χ1) is 13.0. The summed E-state index contributed by atoms with van der Waals surface area (Å²) in [5.74, 6) is 0.103. The van der Waals surface area contributed by atoms with Crippen molar-refractivity contribution >= 4 is 22.6 Å². The number of nitrogens with zero attached hydrogens (tertiary/aromatic N) is 1. The van der Waals surface area contributed by atoms with Gasteiger partial charge in [0.2, 0.25) is 11.8 Å². The van der Waals surface area contributed by atoms with Crippen LogP contribution in [-0.2, 0) is 4.79 Å². The van der Waals surface area contributed by atoms with Crippen LogP contribution in [0.1, 0.15) is 29.6 Å². The Balaban J connectivity index is 1.75. The van der Waals surface area contributed by atoms with Gasteiger partial charge in [-0.2, -0.15) is 0 Å². The number of ether oxygens (including phenoxy) is 2. The number of amides is 2. The first-order valence-electron chi connectivity index (χ1n) is 8.78. The summed E-state index contributed by atoms with van der Waals surface area (Å²) in [5, 5.41) is 4.31. The van der Waals surface area contributed by atoms with Crippen molar-refractivity contribution in [2.45, 2.75) is 25.3 Å². The third-order valence-electron chi connectivity index (χ3n) is 4.82. The summed E-state index contributed by atoms with van der Waals surface area (Å²) in [5.41, 5.74) is 5.67. The number of carbonyl (C=O) groups excluding carboxylic acids is 2. The van der Waals surface area contributed by atoms with Gasteiger partial charge in [0, 0.05) is 30.5 Å². The number of pyridine rings is 1. The third kappa shape index (κ3) is 4.10. The minimum absolute atomic E-state index is 0.00945. The Hall–Kier alpha value is -2.90. The van der Waals surface area contributed by atoms with Crippen molar-refractivity contribution in [2.24, 2.45) is 11.7 Å². The molecule has 1 fully saturated rings. The lowest BCUT2D eigenvalue weighted by atomic mass is 9.95. The summed E-state index contributed by atoms with van der Waals surface area (Å²) in [7, 11) is 1.46. The quantitative estimate of drug-likeness (QED) is 0.734. The second kappa shape index (κ2) is 8.20. The molecule has 2 amide bonds. The molecule has 0 bridgehead atoms. The number of nitrogens with two attached hydrogens (primary N) is 1. The molecule has 1 aliphatic rings. The SMILES string of the molecule is COc1cc2c(OCC[C@H]3NC(=O)C[C@H]3CCF)nccc2cc1C(N)=O. The molecule has 1 saturated heterocycles. The van der Waals surface area contributed by atoms with E-state index in [0.717, 1.165) is 5.39 Å². The predicted octanol–water partition coefficient (Wildman–Crippen LogP) is 1.98. The number of aromatic nitrogens is 1. The number of hydrogen-bond acceptors (Lipinski definition) is 5. The average Bonchev–Trinajstić information content (AvgIpc) is 3.00. The second-order valence-electron chi connectivity index (χ2n) is 6.51. The molecule has 0 spiro atoms. The fourth-order valence-corrected chi connectivity index (χ4v) is 3.45. The molecule has 0 unspecified atom stereocenters. The van der Waals surface area contributed by atoms with Gasteiger partial charge in [-0.1, -0.05) is 0 Å². The summed E-state index contributed by atoms with van der Waals surface area (Å²) in [6.45, 7) is -0.121. The van der Waals surface area contributed by atoms with Crippen LogP contribution in [0.15, 0.2) is 24.4 Å². The number of alkyl halides is 1. The maximum Gasteiger partial charge on any atom is 0.252 e. The molecule has 1 aromatic heterocycles. The van der Waals surface area contributed by atoms with Crippen molar-refractivity contribution in [3.05, 3.63) is 30.0 Å². The summed E-state index contributed by atoms with van der Waals surface area (Å²) in [4.78, 5) is 27.4. The minimum Gasteiger partial charge on any atom is -0.496 e. The molecule has 0 saturated carbocycles. The van der Waals surface area contributed by atoms with Crippen molar-refractivity contribution in [3.8, 4) is 11.6 Å². The summed E-state index contributed by atoms with van der Waals surface area (Å²) in [6, 6.07) is 4.96. The van der Waals surface area contributed by atoms with Gasteiger partial charge in [0.05, 0.1) is 26.0 Å². The number of benzene rings is 1. The maximum absolute atomic E-state index is 12.6. The fraction of sp³-hybridized carbons (Fsp3) is 0.421. The van der Waals surface area contributed by atoms with Gasteiger partial charge in [-0.05, 0) is 35.9 Å². The molecule has 8 heteroatoms. The lowest BCUT2D eigenvalue weighted by molar-refractivity contribution is -0.119. The Labute approximate surface area is 156 Å². The number of halogens is 1. The Kier molecular flexibility index (Phi) is 5.73. The number of rotatable bonds is 8.